The SMILES string of the molecule is Clc1cc(Cl)c(-c2cccnc2Cl)cc1Cl. The van der Waals surface area contributed by atoms with Crippen LogP contribution in [-0.4, -0.2) is 4.98 Å². The molecule has 0 fully saturated rings. The molecule has 0 unspecified atom stereocenters. The van der Waals surface area contributed by atoms with Gasteiger partial charge in [-0.15, -0.1) is 0 Å². The van der Waals surface area contributed by atoms with E-state index < -0.39 is 0 Å². The summed E-state index contributed by atoms with van der Waals surface area (Å²) < 4.78 is 0. The first-order chi connectivity index (χ1) is 7.59. The molecule has 0 bridgehead atoms. The molecule has 1 nitrogen and oxygen atoms in total. The zero-order valence-corrected chi connectivity index (χ0v) is 10.9. The van der Waals surface area contributed by atoms with Gasteiger partial charge in [0.25, 0.3) is 0 Å². The Labute approximate surface area is 113 Å². The molecule has 1 aromatic heterocycles. The molecule has 0 spiro atoms. The van der Waals surface area contributed by atoms with Crippen molar-refractivity contribution >= 4 is 46.4 Å². The molecule has 2 rings (SSSR count). The van der Waals surface area contributed by atoms with Gasteiger partial charge in [-0.2, -0.15) is 0 Å². The van der Waals surface area contributed by atoms with E-state index in [1.54, 1.807) is 24.4 Å². The fourth-order valence-electron chi connectivity index (χ4n) is 1.32. The minimum absolute atomic E-state index is 0.378. The summed E-state index contributed by atoms with van der Waals surface area (Å²) >= 11 is 23.8. The summed E-state index contributed by atoms with van der Waals surface area (Å²) in [5.41, 5.74) is 1.45. The molecule has 0 amide bonds. The number of benzene rings is 1. The van der Waals surface area contributed by atoms with Crippen LogP contribution in [-0.2, 0) is 0 Å². The number of halogens is 4. The fourth-order valence-corrected chi connectivity index (χ4v) is 2.19. The zero-order chi connectivity index (χ0) is 11.7. The van der Waals surface area contributed by atoms with Crippen molar-refractivity contribution in [2.45, 2.75) is 0 Å². The lowest BCUT2D eigenvalue weighted by Gasteiger charge is -2.07. The maximum absolute atomic E-state index is 6.08. The topological polar surface area (TPSA) is 12.9 Å². The molecular formula is C11H5Cl4N. The lowest BCUT2D eigenvalue weighted by atomic mass is 10.1. The van der Waals surface area contributed by atoms with Crippen molar-refractivity contribution in [3.8, 4) is 11.1 Å². The monoisotopic (exact) mass is 291 g/mol. The summed E-state index contributed by atoms with van der Waals surface area (Å²) in [7, 11) is 0. The first-order valence-electron chi connectivity index (χ1n) is 4.35. The van der Waals surface area contributed by atoms with Gasteiger partial charge >= 0.3 is 0 Å². The summed E-state index contributed by atoms with van der Waals surface area (Å²) in [6, 6.07) is 6.86. The number of hydrogen-bond donors (Lipinski definition) is 0. The zero-order valence-electron chi connectivity index (χ0n) is 7.85. The Morgan fingerprint density at radius 1 is 0.812 bits per heavy atom. The minimum atomic E-state index is 0.378. The van der Waals surface area contributed by atoms with Crippen LogP contribution in [0.4, 0.5) is 0 Å². The Hall–Kier alpha value is -0.470. The third-order valence-electron chi connectivity index (χ3n) is 2.06. The smallest absolute Gasteiger partial charge is 0.136 e. The number of aromatic nitrogens is 1. The largest absolute Gasteiger partial charge is 0.244 e. The maximum atomic E-state index is 6.08. The van der Waals surface area contributed by atoms with Crippen molar-refractivity contribution in [1.82, 2.24) is 4.98 Å². The average Bonchev–Trinajstić information content (AvgIpc) is 2.25. The number of rotatable bonds is 1. The molecule has 82 valence electrons. The molecule has 1 heterocycles. The van der Waals surface area contributed by atoms with Crippen LogP contribution in [0.25, 0.3) is 11.1 Å². The first kappa shape index (κ1) is 12.0. The Balaban J connectivity index is 2.65. The van der Waals surface area contributed by atoms with E-state index in [9.17, 15) is 0 Å². The van der Waals surface area contributed by atoms with Gasteiger partial charge < -0.3 is 0 Å². The maximum Gasteiger partial charge on any atom is 0.136 e. The van der Waals surface area contributed by atoms with Crippen LogP contribution in [0.5, 0.6) is 0 Å². The fraction of sp³-hybridized carbons (Fsp3) is 0. The van der Waals surface area contributed by atoms with Crippen LogP contribution in [0, 0.1) is 0 Å². The van der Waals surface area contributed by atoms with E-state index in [1.165, 1.54) is 0 Å². The first-order valence-corrected chi connectivity index (χ1v) is 5.86. The number of nitrogens with zero attached hydrogens (tertiary/aromatic N) is 1. The highest BCUT2D eigenvalue weighted by atomic mass is 35.5. The summed E-state index contributed by atoms with van der Waals surface area (Å²) in [6.45, 7) is 0. The van der Waals surface area contributed by atoms with Crippen LogP contribution in [0.15, 0.2) is 30.5 Å². The van der Waals surface area contributed by atoms with Gasteiger partial charge in [-0.05, 0) is 24.3 Å². The van der Waals surface area contributed by atoms with Gasteiger partial charge in [-0.3, -0.25) is 0 Å². The van der Waals surface area contributed by atoms with Gasteiger partial charge in [0, 0.05) is 17.3 Å². The normalized spacial score (nSPS) is 10.5. The Morgan fingerprint density at radius 2 is 1.50 bits per heavy atom. The van der Waals surface area contributed by atoms with Gasteiger partial charge in [0.2, 0.25) is 0 Å². The van der Waals surface area contributed by atoms with Crippen LogP contribution < -0.4 is 0 Å². The van der Waals surface area contributed by atoms with Crippen LogP contribution >= 0.6 is 46.4 Å². The van der Waals surface area contributed by atoms with Crippen LogP contribution in [0.2, 0.25) is 20.2 Å². The van der Waals surface area contributed by atoms with Gasteiger partial charge in [0.05, 0.1) is 15.1 Å². The second kappa shape index (κ2) is 4.80. The Kier molecular flexibility index (Phi) is 3.60. The lowest BCUT2D eigenvalue weighted by Crippen LogP contribution is -1.84. The molecule has 0 saturated heterocycles. The minimum Gasteiger partial charge on any atom is -0.244 e. The van der Waals surface area contributed by atoms with Crippen molar-refractivity contribution in [3.63, 3.8) is 0 Å². The third-order valence-corrected chi connectivity index (χ3v) is 3.40. The van der Waals surface area contributed by atoms with Crippen molar-refractivity contribution in [2.24, 2.45) is 0 Å². The molecule has 5 heteroatoms. The summed E-state index contributed by atoms with van der Waals surface area (Å²) in [5.74, 6) is 0. The molecule has 0 aliphatic rings. The highest BCUT2D eigenvalue weighted by Crippen LogP contribution is 2.37. The molecule has 0 atom stereocenters. The van der Waals surface area contributed by atoms with Gasteiger partial charge in [-0.25, -0.2) is 4.98 Å². The summed E-state index contributed by atoms with van der Waals surface area (Å²) in [6.07, 6.45) is 1.61. The Morgan fingerprint density at radius 3 is 2.19 bits per heavy atom. The molecule has 1 aromatic carbocycles. The van der Waals surface area contributed by atoms with E-state index >= 15 is 0 Å². The van der Waals surface area contributed by atoms with E-state index in [-0.39, 0.29) is 0 Å². The second-order valence-electron chi connectivity index (χ2n) is 3.09. The van der Waals surface area contributed by atoms with Gasteiger partial charge in [-0.1, -0.05) is 46.4 Å². The number of hydrogen-bond acceptors (Lipinski definition) is 1. The molecule has 0 N–H and O–H groups in total. The predicted octanol–water partition coefficient (Wildman–Crippen LogP) is 5.36. The molecule has 0 saturated carbocycles. The summed E-state index contributed by atoms with van der Waals surface area (Å²) in [4.78, 5) is 3.98. The molecule has 16 heavy (non-hydrogen) atoms. The predicted molar refractivity (Wildman–Crippen MR) is 69.7 cm³/mol. The van der Waals surface area contributed by atoms with Crippen molar-refractivity contribution < 1.29 is 0 Å². The van der Waals surface area contributed by atoms with E-state index in [0.717, 1.165) is 5.56 Å². The van der Waals surface area contributed by atoms with E-state index in [0.29, 0.717) is 25.8 Å². The highest BCUT2D eigenvalue weighted by Gasteiger charge is 2.11. The molecular weight excluding hydrogens is 288 g/mol. The van der Waals surface area contributed by atoms with Crippen molar-refractivity contribution in [3.05, 3.63) is 50.7 Å². The molecule has 0 aliphatic heterocycles. The van der Waals surface area contributed by atoms with Gasteiger partial charge in [0.15, 0.2) is 0 Å². The van der Waals surface area contributed by atoms with Crippen LogP contribution in [0.1, 0.15) is 0 Å². The highest BCUT2D eigenvalue weighted by molar-refractivity contribution is 6.44. The molecule has 0 radical (unpaired) electrons. The quantitative estimate of drug-likeness (QED) is 0.509. The standard InChI is InChI=1S/C11H5Cl4N/c12-8-5-10(14)9(13)4-7(8)6-2-1-3-16-11(6)15/h1-5H. The van der Waals surface area contributed by atoms with E-state index in [1.807, 2.05) is 6.07 Å². The van der Waals surface area contributed by atoms with Crippen molar-refractivity contribution in [1.29, 1.82) is 0 Å². The van der Waals surface area contributed by atoms with Crippen molar-refractivity contribution in [2.75, 3.05) is 0 Å². The molecule has 0 aliphatic carbocycles. The summed E-state index contributed by atoms with van der Waals surface area (Å²) in [5, 5.41) is 1.71. The Bertz CT molecular complexity index is 540. The van der Waals surface area contributed by atoms with Gasteiger partial charge in [0.1, 0.15) is 5.15 Å². The average molecular weight is 293 g/mol. The van der Waals surface area contributed by atoms with E-state index in [4.69, 9.17) is 46.4 Å². The third kappa shape index (κ3) is 2.28. The lowest BCUT2D eigenvalue weighted by molar-refractivity contribution is 1.33. The van der Waals surface area contributed by atoms with E-state index in [2.05, 4.69) is 4.98 Å². The molecule has 2 aromatic rings. The second-order valence-corrected chi connectivity index (χ2v) is 4.67. The van der Waals surface area contributed by atoms with Crippen LogP contribution in [0.3, 0.4) is 0 Å². The number of pyridine rings is 1.